The van der Waals surface area contributed by atoms with Crippen LogP contribution in [0.25, 0.3) is 87.6 Å². The highest BCUT2D eigenvalue weighted by Crippen LogP contribution is 2.46. The Hall–Kier alpha value is -5.66. The van der Waals surface area contributed by atoms with Gasteiger partial charge < -0.3 is 4.42 Å². The lowest BCUT2D eigenvalue weighted by atomic mass is 9.84. The van der Waals surface area contributed by atoms with Crippen molar-refractivity contribution in [2.75, 3.05) is 0 Å². The fraction of sp³-hybridized carbons (Fsp3) is 0.0233. The Balaban J connectivity index is 1.32. The van der Waals surface area contributed by atoms with Crippen LogP contribution in [-0.2, 0) is 0 Å². The summed E-state index contributed by atoms with van der Waals surface area (Å²) < 4.78 is 6.12. The van der Waals surface area contributed by atoms with Gasteiger partial charge in [-0.3, -0.25) is 0 Å². The molecule has 0 fully saturated rings. The number of hydrogen-bond donors (Lipinski definition) is 0. The summed E-state index contributed by atoms with van der Waals surface area (Å²) in [6.07, 6.45) is 0. The van der Waals surface area contributed by atoms with E-state index in [2.05, 4.69) is 146 Å². The molecular weight excluding hydrogens is 532 g/mol. The van der Waals surface area contributed by atoms with Crippen molar-refractivity contribution in [1.29, 1.82) is 0 Å². The van der Waals surface area contributed by atoms with Crippen molar-refractivity contribution < 1.29 is 4.42 Å². The Labute approximate surface area is 255 Å². The molecule has 0 aliphatic rings. The fourth-order valence-corrected chi connectivity index (χ4v) is 7.10. The number of para-hydroxylation sites is 1. The SMILES string of the molecule is Cc1ccc2c(-c3cccc(-c4ccc5oc6ccccc6c5c4)c3)c3ccccc3c(-c3cccc4ccccc34)c2c1. The summed E-state index contributed by atoms with van der Waals surface area (Å²) in [5.41, 5.74) is 10.5. The molecule has 0 atom stereocenters. The minimum Gasteiger partial charge on any atom is -0.456 e. The summed E-state index contributed by atoms with van der Waals surface area (Å²) >= 11 is 0. The van der Waals surface area contributed by atoms with Crippen LogP contribution in [0.5, 0.6) is 0 Å². The van der Waals surface area contributed by atoms with Crippen molar-refractivity contribution in [3.05, 3.63) is 157 Å². The maximum atomic E-state index is 6.12. The minimum absolute atomic E-state index is 0.919. The van der Waals surface area contributed by atoms with Gasteiger partial charge >= 0.3 is 0 Å². The standard InChI is InChI=1S/C43H28O/c1-27-20-22-37-39(24-27)43(34-18-9-11-28-10-2-3-14-32(28)34)36-17-5-4-16-35(36)42(37)31-13-8-12-29(25-31)30-21-23-41-38(26-30)33-15-6-7-19-40(33)44-41/h2-26H,1H3. The summed E-state index contributed by atoms with van der Waals surface area (Å²) in [5.74, 6) is 0. The number of benzene rings is 8. The first-order valence-electron chi connectivity index (χ1n) is 15.2. The second kappa shape index (κ2) is 9.69. The van der Waals surface area contributed by atoms with Crippen LogP contribution in [0.2, 0.25) is 0 Å². The Morgan fingerprint density at radius 3 is 1.89 bits per heavy atom. The van der Waals surface area contributed by atoms with E-state index in [0.717, 1.165) is 21.9 Å². The van der Waals surface area contributed by atoms with Gasteiger partial charge in [0.15, 0.2) is 0 Å². The van der Waals surface area contributed by atoms with Gasteiger partial charge in [-0.05, 0) is 96.9 Å². The molecule has 206 valence electrons. The first-order valence-corrected chi connectivity index (χ1v) is 15.2. The molecular formula is C43H28O. The zero-order valence-electron chi connectivity index (χ0n) is 24.3. The van der Waals surface area contributed by atoms with Crippen molar-refractivity contribution >= 4 is 54.3 Å². The van der Waals surface area contributed by atoms with Crippen LogP contribution in [0.3, 0.4) is 0 Å². The predicted octanol–water partition coefficient (Wildman–Crippen LogP) is 12.4. The zero-order valence-corrected chi connectivity index (χ0v) is 24.3. The molecule has 0 radical (unpaired) electrons. The highest BCUT2D eigenvalue weighted by atomic mass is 16.3. The third-order valence-corrected chi connectivity index (χ3v) is 9.10. The van der Waals surface area contributed by atoms with E-state index in [0.29, 0.717) is 0 Å². The van der Waals surface area contributed by atoms with E-state index in [4.69, 9.17) is 4.42 Å². The molecule has 0 unspecified atom stereocenters. The molecule has 0 N–H and O–H groups in total. The average Bonchev–Trinajstić information content (AvgIpc) is 3.45. The van der Waals surface area contributed by atoms with E-state index in [-0.39, 0.29) is 0 Å². The monoisotopic (exact) mass is 560 g/mol. The summed E-state index contributed by atoms with van der Waals surface area (Å²) in [7, 11) is 0. The molecule has 0 bridgehead atoms. The number of fused-ring (bicyclic) bond motifs is 6. The number of rotatable bonds is 3. The normalized spacial score (nSPS) is 11.8. The van der Waals surface area contributed by atoms with Gasteiger partial charge in [0, 0.05) is 10.8 Å². The molecule has 9 aromatic rings. The molecule has 0 aliphatic heterocycles. The molecule has 44 heavy (non-hydrogen) atoms. The van der Waals surface area contributed by atoms with Crippen LogP contribution < -0.4 is 0 Å². The predicted molar refractivity (Wildman–Crippen MR) is 187 cm³/mol. The van der Waals surface area contributed by atoms with E-state index in [1.807, 2.05) is 12.1 Å². The van der Waals surface area contributed by atoms with Crippen LogP contribution in [0, 0.1) is 6.92 Å². The lowest BCUT2D eigenvalue weighted by Crippen LogP contribution is -1.92. The minimum atomic E-state index is 0.919. The molecule has 9 rings (SSSR count). The quantitative estimate of drug-likeness (QED) is 0.196. The van der Waals surface area contributed by atoms with Crippen LogP contribution >= 0.6 is 0 Å². The smallest absolute Gasteiger partial charge is 0.135 e. The number of furan rings is 1. The fourth-order valence-electron chi connectivity index (χ4n) is 7.10. The van der Waals surface area contributed by atoms with Gasteiger partial charge in [-0.25, -0.2) is 0 Å². The Kier molecular flexibility index (Phi) is 5.48. The molecule has 0 saturated heterocycles. The van der Waals surface area contributed by atoms with E-state index in [9.17, 15) is 0 Å². The van der Waals surface area contributed by atoms with Crippen LogP contribution in [0.15, 0.2) is 156 Å². The van der Waals surface area contributed by atoms with E-state index < -0.39 is 0 Å². The molecule has 1 heteroatoms. The third-order valence-electron chi connectivity index (χ3n) is 9.10. The van der Waals surface area contributed by atoms with E-state index >= 15 is 0 Å². The third kappa shape index (κ3) is 3.80. The zero-order chi connectivity index (χ0) is 29.2. The second-order valence-corrected chi connectivity index (χ2v) is 11.8. The summed E-state index contributed by atoms with van der Waals surface area (Å²) in [6.45, 7) is 2.19. The molecule has 1 nitrogen and oxygen atoms in total. The number of hydrogen-bond acceptors (Lipinski definition) is 1. The Morgan fingerprint density at radius 1 is 0.364 bits per heavy atom. The first kappa shape index (κ1) is 24.9. The lowest BCUT2D eigenvalue weighted by Gasteiger charge is -2.19. The highest BCUT2D eigenvalue weighted by molar-refractivity contribution is 6.23. The maximum Gasteiger partial charge on any atom is 0.135 e. The van der Waals surface area contributed by atoms with Gasteiger partial charge in [0.05, 0.1) is 0 Å². The molecule has 0 amide bonds. The van der Waals surface area contributed by atoms with Gasteiger partial charge in [0.2, 0.25) is 0 Å². The van der Waals surface area contributed by atoms with Crippen molar-refractivity contribution in [3.63, 3.8) is 0 Å². The average molecular weight is 561 g/mol. The van der Waals surface area contributed by atoms with Crippen LogP contribution in [0.1, 0.15) is 5.56 Å². The van der Waals surface area contributed by atoms with Gasteiger partial charge in [-0.15, -0.1) is 0 Å². The second-order valence-electron chi connectivity index (χ2n) is 11.8. The summed E-state index contributed by atoms with van der Waals surface area (Å²) in [6, 6.07) is 55.1. The molecule has 8 aromatic carbocycles. The van der Waals surface area contributed by atoms with Crippen molar-refractivity contribution in [2.45, 2.75) is 6.92 Å². The van der Waals surface area contributed by atoms with Gasteiger partial charge in [0.1, 0.15) is 11.2 Å². The lowest BCUT2D eigenvalue weighted by molar-refractivity contribution is 0.669. The maximum absolute atomic E-state index is 6.12. The Morgan fingerprint density at radius 2 is 1.00 bits per heavy atom. The van der Waals surface area contributed by atoms with Crippen molar-refractivity contribution in [1.82, 2.24) is 0 Å². The summed E-state index contributed by atoms with van der Waals surface area (Å²) in [5, 5.41) is 9.92. The van der Waals surface area contributed by atoms with Crippen LogP contribution in [0.4, 0.5) is 0 Å². The molecule has 1 heterocycles. The summed E-state index contributed by atoms with van der Waals surface area (Å²) in [4.78, 5) is 0. The van der Waals surface area contributed by atoms with Gasteiger partial charge in [-0.1, -0.05) is 133 Å². The van der Waals surface area contributed by atoms with Gasteiger partial charge in [0.25, 0.3) is 0 Å². The van der Waals surface area contributed by atoms with E-state index in [1.54, 1.807) is 0 Å². The van der Waals surface area contributed by atoms with Crippen molar-refractivity contribution in [3.8, 4) is 33.4 Å². The van der Waals surface area contributed by atoms with Crippen LogP contribution in [-0.4, -0.2) is 0 Å². The number of aryl methyl sites for hydroxylation is 1. The molecule has 0 saturated carbocycles. The molecule has 0 aliphatic carbocycles. The molecule has 1 aromatic heterocycles. The first-order chi connectivity index (χ1) is 21.7. The largest absolute Gasteiger partial charge is 0.456 e. The van der Waals surface area contributed by atoms with E-state index in [1.165, 1.54) is 71.3 Å². The Bertz CT molecular complexity index is 2560. The van der Waals surface area contributed by atoms with Gasteiger partial charge in [-0.2, -0.15) is 0 Å². The topological polar surface area (TPSA) is 13.1 Å². The van der Waals surface area contributed by atoms with Crippen molar-refractivity contribution in [2.24, 2.45) is 0 Å². The highest BCUT2D eigenvalue weighted by Gasteiger charge is 2.18. The molecule has 0 spiro atoms.